The quantitative estimate of drug-likeness (QED) is 0.374. The number of aromatic hydroxyl groups is 1. The van der Waals surface area contributed by atoms with E-state index in [1.165, 1.54) is 12.1 Å². The van der Waals surface area contributed by atoms with Gasteiger partial charge in [0.05, 0.1) is 12.1 Å². The first-order valence-corrected chi connectivity index (χ1v) is 9.02. The maximum Gasteiger partial charge on any atom is 0.244 e. The fourth-order valence-electron chi connectivity index (χ4n) is 2.35. The van der Waals surface area contributed by atoms with Crippen molar-refractivity contribution in [3.63, 3.8) is 0 Å². The molecule has 3 atom stereocenters. The first kappa shape index (κ1) is 22.0. The van der Waals surface area contributed by atoms with Crippen molar-refractivity contribution in [1.82, 2.24) is 10.6 Å². The molecule has 0 aliphatic rings. The number of carbonyl (C=O) groups is 2. The predicted octanol–water partition coefficient (Wildman–Crippen LogP) is 0.317. The number of hydrogen-bond acceptors (Lipinski definition) is 6. The molecule has 3 unspecified atom stereocenters. The van der Waals surface area contributed by atoms with E-state index in [0.717, 1.165) is 5.56 Å². The summed E-state index contributed by atoms with van der Waals surface area (Å²) in [6.07, 6.45) is 2.49. The van der Waals surface area contributed by atoms with Gasteiger partial charge in [0.25, 0.3) is 0 Å². The number of benzene rings is 1. The molecule has 0 aliphatic heterocycles. The standard InChI is InChI=1S/C18H26N3O4S/c1-11(2)7-15(19)17(24)21-16(10-26)18(25)20-13(9-22)8-12-3-5-14(23)6-4-12/h3-6,11,13,15-16,23,26H,7-8,10,19H2,1-2H3,(H,20,25)(H,21,24). The van der Waals surface area contributed by atoms with Gasteiger partial charge < -0.3 is 21.5 Å². The maximum atomic E-state index is 12.3. The summed E-state index contributed by atoms with van der Waals surface area (Å²) in [6.45, 7) is 3.90. The van der Waals surface area contributed by atoms with Gasteiger partial charge >= 0.3 is 0 Å². The third kappa shape index (κ3) is 7.45. The van der Waals surface area contributed by atoms with E-state index in [-0.39, 0.29) is 23.8 Å². The average Bonchev–Trinajstić information content (AvgIpc) is 2.59. The summed E-state index contributed by atoms with van der Waals surface area (Å²) in [5.41, 5.74) is 6.56. The molecule has 8 heteroatoms. The van der Waals surface area contributed by atoms with Gasteiger partial charge in [-0.05, 0) is 30.0 Å². The third-order valence-corrected chi connectivity index (χ3v) is 4.08. The highest BCUT2D eigenvalue weighted by Gasteiger charge is 2.25. The second kappa shape index (κ2) is 10.8. The predicted molar refractivity (Wildman–Crippen MR) is 103 cm³/mol. The SMILES string of the molecule is CC(C)CC(N)C(=O)NC(CS)C(=O)NC([C]=O)Cc1ccc(O)cc1. The normalized spacial score (nSPS) is 14.3. The first-order valence-electron chi connectivity index (χ1n) is 8.39. The van der Waals surface area contributed by atoms with Gasteiger partial charge in [0, 0.05) is 12.2 Å². The molecule has 26 heavy (non-hydrogen) atoms. The summed E-state index contributed by atoms with van der Waals surface area (Å²) >= 11 is 4.09. The number of phenols is 1. The Morgan fingerprint density at radius 1 is 1.19 bits per heavy atom. The highest BCUT2D eigenvalue weighted by molar-refractivity contribution is 7.80. The second-order valence-corrected chi connectivity index (χ2v) is 6.89. The minimum absolute atomic E-state index is 0.0662. The Labute approximate surface area is 159 Å². The molecule has 1 rings (SSSR count). The van der Waals surface area contributed by atoms with Gasteiger partial charge in [-0.2, -0.15) is 12.6 Å². The van der Waals surface area contributed by atoms with Gasteiger partial charge in [-0.15, -0.1) is 0 Å². The molecule has 2 amide bonds. The lowest BCUT2D eigenvalue weighted by atomic mass is 10.0. The van der Waals surface area contributed by atoms with Crippen molar-refractivity contribution in [2.75, 3.05) is 5.75 Å². The lowest BCUT2D eigenvalue weighted by Gasteiger charge is -2.21. The number of nitrogens with one attached hydrogen (secondary N) is 2. The molecule has 1 radical (unpaired) electrons. The van der Waals surface area contributed by atoms with Crippen LogP contribution in [0.4, 0.5) is 0 Å². The van der Waals surface area contributed by atoms with Crippen molar-refractivity contribution in [3.8, 4) is 5.75 Å². The van der Waals surface area contributed by atoms with Crippen LogP contribution >= 0.6 is 12.6 Å². The summed E-state index contributed by atoms with van der Waals surface area (Å²) < 4.78 is 0. The van der Waals surface area contributed by atoms with Gasteiger partial charge in [-0.1, -0.05) is 26.0 Å². The van der Waals surface area contributed by atoms with Crippen LogP contribution in [0.25, 0.3) is 0 Å². The van der Waals surface area contributed by atoms with Crippen molar-refractivity contribution >= 4 is 30.7 Å². The number of hydrogen-bond donors (Lipinski definition) is 5. The first-order chi connectivity index (χ1) is 12.3. The van der Waals surface area contributed by atoms with Crippen LogP contribution in [0.1, 0.15) is 25.8 Å². The molecule has 1 aromatic carbocycles. The molecule has 0 bridgehead atoms. The van der Waals surface area contributed by atoms with Crippen molar-refractivity contribution in [1.29, 1.82) is 0 Å². The average molecular weight is 380 g/mol. The Kier molecular flexibility index (Phi) is 9.15. The summed E-state index contributed by atoms with van der Waals surface area (Å²) in [5, 5.41) is 14.4. The van der Waals surface area contributed by atoms with Crippen LogP contribution in [0.15, 0.2) is 24.3 Å². The van der Waals surface area contributed by atoms with Gasteiger partial charge in [0.15, 0.2) is 0 Å². The molecule has 0 fully saturated rings. The topological polar surface area (TPSA) is 122 Å². The Hall–Kier alpha value is -2.06. The number of thiol groups is 1. The van der Waals surface area contributed by atoms with E-state index in [1.54, 1.807) is 18.4 Å². The minimum Gasteiger partial charge on any atom is -0.508 e. The van der Waals surface area contributed by atoms with E-state index in [2.05, 4.69) is 23.3 Å². The summed E-state index contributed by atoms with van der Waals surface area (Å²) in [7, 11) is 0. The number of amides is 2. The van der Waals surface area contributed by atoms with Crippen LogP contribution in [-0.4, -0.2) is 47.1 Å². The molecule has 0 saturated carbocycles. The lowest BCUT2D eigenvalue weighted by Crippen LogP contribution is -2.54. The highest BCUT2D eigenvalue weighted by atomic mass is 32.1. The highest BCUT2D eigenvalue weighted by Crippen LogP contribution is 2.11. The van der Waals surface area contributed by atoms with Crippen LogP contribution in [0.2, 0.25) is 0 Å². The molecule has 0 aromatic heterocycles. The van der Waals surface area contributed by atoms with E-state index in [9.17, 15) is 19.5 Å². The smallest absolute Gasteiger partial charge is 0.244 e. The molecule has 0 spiro atoms. The van der Waals surface area contributed by atoms with Crippen molar-refractivity contribution in [2.24, 2.45) is 11.7 Å². The summed E-state index contributed by atoms with van der Waals surface area (Å²) in [6, 6.07) is 3.78. The molecule has 0 aliphatic carbocycles. The number of carbonyl (C=O) groups excluding carboxylic acids is 3. The second-order valence-electron chi connectivity index (χ2n) is 6.53. The molecule has 0 heterocycles. The zero-order chi connectivity index (χ0) is 19.7. The van der Waals surface area contributed by atoms with Crippen LogP contribution in [0, 0.1) is 5.92 Å². The van der Waals surface area contributed by atoms with Gasteiger partial charge in [-0.3, -0.25) is 14.4 Å². The van der Waals surface area contributed by atoms with E-state index in [4.69, 9.17) is 5.73 Å². The van der Waals surface area contributed by atoms with E-state index in [0.29, 0.717) is 6.42 Å². The molecule has 1 aromatic rings. The number of rotatable bonds is 10. The van der Waals surface area contributed by atoms with Gasteiger partial charge in [0.2, 0.25) is 18.1 Å². The van der Waals surface area contributed by atoms with Gasteiger partial charge in [-0.25, -0.2) is 0 Å². The van der Waals surface area contributed by atoms with Crippen LogP contribution < -0.4 is 16.4 Å². The summed E-state index contributed by atoms with van der Waals surface area (Å²) in [4.78, 5) is 35.6. The Bertz CT molecular complexity index is 607. The fourth-order valence-corrected chi connectivity index (χ4v) is 2.61. The molecular formula is C18H26N3O4S. The Morgan fingerprint density at radius 3 is 2.31 bits per heavy atom. The number of nitrogens with two attached hydrogens (primary N) is 1. The van der Waals surface area contributed by atoms with Gasteiger partial charge in [0.1, 0.15) is 11.8 Å². The van der Waals surface area contributed by atoms with Crippen molar-refractivity contribution < 1.29 is 19.5 Å². The van der Waals surface area contributed by atoms with E-state index < -0.39 is 29.9 Å². The minimum atomic E-state index is -0.903. The lowest BCUT2D eigenvalue weighted by molar-refractivity contribution is -0.129. The Morgan fingerprint density at radius 2 is 1.81 bits per heavy atom. The molecule has 143 valence electrons. The van der Waals surface area contributed by atoms with Crippen LogP contribution in [0.3, 0.4) is 0 Å². The van der Waals surface area contributed by atoms with Crippen LogP contribution in [0.5, 0.6) is 5.75 Å². The molecule has 5 N–H and O–H groups in total. The maximum absolute atomic E-state index is 12.3. The third-order valence-electron chi connectivity index (χ3n) is 3.71. The monoisotopic (exact) mass is 380 g/mol. The zero-order valence-electron chi connectivity index (χ0n) is 14.9. The molecular weight excluding hydrogens is 354 g/mol. The zero-order valence-corrected chi connectivity index (χ0v) is 15.8. The van der Waals surface area contributed by atoms with Crippen LogP contribution in [-0.2, 0) is 20.8 Å². The molecule has 0 saturated heterocycles. The largest absolute Gasteiger partial charge is 0.508 e. The van der Waals surface area contributed by atoms with E-state index >= 15 is 0 Å². The van der Waals surface area contributed by atoms with E-state index in [1.807, 2.05) is 13.8 Å². The fraction of sp³-hybridized carbons (Fsp3) is 0.500. The van der Waals surface area contributed by atoms with Crippen molar-refractivity contribution in [2.45, 2.75) is 44.8 Å². The molecule has 7 nitrogen and oxygen atoms in total. The van der Waals surface area contributed by atoms with Crippen molar-refractivity contribution in [3.05, 3.63) is 29.8 Å². The summed E-state index contributed by atoms with van der Waals surface area (Å²) in [5.74, 6) is -0.537. The number of phenolic OH excluding ortho intramolecular Hbond substituents is 1. The Balaban J connectivity index is 2.64.